The zero-order valence-corrected chi connectivity index (χ0v) is 12.4. The predicted octanol–water partition coefficient (Wildman–Crippen LogP) is 4.06. The molecule has 1 atom stereocenters. The fourth-order valence-corrected chi connectivity index (χ4v) is 2.13. The molecule has 1 aromatic carbocycles. The van der Waals surface area contributed by atoms with E-state index in [9.17, 15) is 4.79 Å². The van der Waals surface area contributed by atoms with E-state index in [0.29, 0.717) is 22.9 Å². The van der Waals surface area contributed by atoms with Crippen molar-refractivity contribution in [3.63, 3.8) is 0 Å². The Morgan fingerprint density at radius 2 is 1.95 bits per heavy atom. The maximum Gasteiger partial charge on any atom is 0.261 e. The Morgan fingerprint density at radius 3 is 2.45 bits per heavy atom. The minimum absolute atomic E-state index is 0.183. The Bertz CT molecular complexity index is 580. The van der Waals surface area contributed by atoms with Gasteiger partial charge in [-0.2, -0.15) is 0 Å². The van der Waals surface area contributed by atoms with E-state index in [-0.39, 0.29) is 5.91 Å². The lowest BCUT2D eigenvalue weighted by Gasteiger charge is -2.10. The van der Waals surface area contributed by atoms with Crippen molar-refractivity contribution >= 4 is 11.6 Å². The average molecular weight is 272 g/mol. The summed E-state index contributed by atoms with van der Waals surface area (Å²) in [6.07, 6.45) is 1.10. The fraction of sp³-hybridized carbons (Fsp3) is 0.375. The van der Waals surface area contributed by atoms with Crippen LogP contribution in [0.5, 0.6) is 0 Å². The number of carbonyl (C=O) groups excluding carboxylic acids is 1. The van der Waals surface area contributed by atoms with Crippen LogP contribution in [0.1, 0.15) is 53.6 Å². The van der Waals surface area contributed by atoms with Crippen LogP contribution in [0.25, 0.3) is 0 Å². The van der Waals surface area contributed by atoms with Crippen molar-refractivity contribution in [2.45, 2.75) is 40.0 Å². The molecule has 0 aliphatic carbocycles. The van der Waals surface area contributed by atoms with Gasteiger partial charge in [0.1, 0.15) is 11.3 Å². The molecule has 0 radical (unpaired) electrons. The molecule has 0 aliphatic heterocycles. The molecule has 106 valence electrons. The zero-order valence-electron chi connectivity index (χ0n) is 12.4. The summed E-state index contributed by atoms with van der Waals surface area (Å²) in [5.74, 6) is 0.885. The molecule has 20 heavy (non-hydrogen) atoms. The molecule has 4 nitrogen and oxygen atoms in total. The molecule has 1 amide bonds. The number of anilines is 1. The van der Waals surface area contributed by atoms with Gasteiger partial charge in [-0.1, -0.05) is 31.1 Å². The van der Waals surface area contributed by atoms with Gasteiger partial charge in [-0.15, -0.1) is 0 Å². The highest BCUT2D eigenvalue weighted by Gasteiger charge is 2.17. The number of hydrogen-bond donors (Lipinski definition) is 1. The van der Waals surface area contributed by atoms with Crippen LogP contribution >= 0.6 is 0 Å². The summed E-state index contributed by atoms with van der Waals surface area (Å²) in [4.78, 5) is 12.2. The van der Waals surface area contributed by atoms with E-state index in [1.807, 2.05) is 12.1 Å². The monoisotopic (exact) mass is 272 g/mol. The lowest BCUT2D eigenvalue weighted by Crippen LogP contribution is -2.13. The fourth-order valence-electron chi connectivity index (χ4n) is 2.13. The third-order valence-corrected chi connectivity index (χ3v) is 3.61. The number of nitrogens with zero attached hydrogens (tertiary/aromatic N) is 1. The van der Waals surface area contributed by atoms with Crippen LogP contribution in [0, 0.1) is 13.8 Å². The second kappa shape index (κ2) is 5.90. The maximum atomic E-state index is 12.2. The molecule has 0 aliphatic rings. The Balaban J connectivity index is 2.13. The quantitative estimate of drug-likeness (QED) is 0.913. The van der Waals surface area contributed by atoms with Crippen molar-refractivity contribution in [2.24, 2.45) is 0 Å². The number of rotatable bonds is 4. The van der Waals surface area contributed by atoms with E-state index < -0.39 is 0 Å². The van der Waals surface area contributed by atoms with E-state index in [1.54, 1.807) is 13.8 Å². The average Bonchev–Trinajstić information content (AvgIpc) is 2.78. The number of amides is 1. The molecule has 0 unspecified atom stereocenters. The topological polar surface area (TPSA) is 55.1 Å². The maximum absolute atomic E-state index is 12.2. The Labute approximate surface area is 119 Å². The van der Waals surface area contributed by atoms with Crippen LogP contribution in [0.2, 0.25) is 0 Å². The third kappa shape index (κ3) is 2.90. The number of carbonyl (C=O) groups is 1. The highest BCUT2D eigenvalue weighted by molar-refractivity contribution is 6.05. The molecular weight excluding hydrogens is 252 g/mol. The van der Waals surface area contributed by atoms with Crippen molar-refractivity contribution in [3.8, 4) is 0 Å². The normalized spacial score (nSPS) is 12.2. The SMILES string of the molecule is CC[C@@H](C)c1ccc(NC(=O)c2c(C)noc2C)cc1. The Hall–Kier alpha value is -2.10. The first-order chi connectivity index (χ1) is 9.52. The van der Waals surface area contributed by atoms with Crippen molar-refractivity contribution in [2.75, 3.05) is 5.32 Å². The number of benzene rings is 1. The summed E-state index contributed by atoms with van der Waals surface area (Å²) in [7, 11) is 0. The Kier molecular flexibility index (Phi) is 4.23. The lowest BCUT2D eigenvalue weighted by molar-refractivity contribution is 0.102. The molecule has 4 heteroatoms. The van der Waals surface area contributed by atoms with Gasteiger partial charge in [0.25, 0.3) is 5.91 Å². The summed E-state index contributed by atoms with van der Waals surface area (Å²) in [6.45, 7) is 7.85. The van der Waals surface area contributed by atoms with Crippen molar-refractivity contribution in [1.82, 2.24) is 5.16 Å². The second-order valence-electron chi connectivity index (χ2n) is 5.08. The van der Waals surface area contributed by atoms with E-state index in [0.717, 1.165) is 12.1 Å². The first kappa shape index (κ1) is 14.3. The predicted molar refractivity (Wildman–Crippen MR) is 79.1 cm³/mol. The summed E-state index contributed by atoms with van der Waals surface area (Å²) in [5.41, 5.74) is 3.18. The van der Waals surface area contributed by atoms with Gasteiger partial charge in [0, 0.05) is 5.69 Å². The van der Waals surface area contributed by atoms with E-state index in [2.05, 4.69) is 36.5 Å². The summed E-state index contributed by atoms with van der Waals surface area (Å²) < 4.78 is 5.01. The zero-order chi connectivity index (χ0) is 14.7. The molecule has 0 bridgehead atoms. The second-order valence-corrected chi connectivity index (χ2v) is 5.08. The molecule has 2 rings (SSSR count). The van der Waals surface area contributed by atoms with Crippen LogP contribution < -0.4 is 5.32 Å². The van der Waals surface area contributed by atoms with E-state index in [1.165, 1.54) is 5.56 Å². The van der Waals surface area contributed by atoms with Gasteiger partial charge >= 0.3 is 0 Å². The molecule has 1 N–H and O–H groups in total. The standard InChI is InChI=1S/C16H20N2O2/c1-5-10(2)13-6-8-14(9-7-13)17-16(19)15-11(3)18-20-12(15)4/h6-10H,5H2,1-4H3,(H,17,19)/t10-/m1/s1. The summed E-state index contributed by atoms with van der Waals surface area (Å²) >= 11 is 0. The van der Waals surface area contributed by atoms with Gasteiger partial charge in [0.15, 0.2) is 0 Å². The lowest BCUT2D eigenvalue weighted by atomic mass is 9.98. The number of hydrogen-bond acceptors (Lipinski definition) is 3. The number of nitrogens with one attached hydrogen (secondary N) is 1. The van der Waals surface area contributed by atoms with Gasteiger partial charge in [0.2, 0.25) is 0 Å². The highest BCUT2D eigenvalue weighted by atomic mass is 16.5. The largest absolute Gasteiger partial charge is 0.361 e. The van der Waals surface area contributed by atoms with Crippen molar-refractivity contribution < 1.29 is 9.32 Å². The van der Waals surface area contributed by atoms with E-state index in [4.69, 9.17) is 4.52 Å². The molecular formula is C16H20N2O2. The third-order valence-electron chi connectivity index (χ3n) is 3.61. The Morgan fingerprint density at radius 1 is 1.30 bits per heavy atom. The highest BCUT2D eigenvalue weighted by Crippen LogP contribution is 2.21. The molecule has 0 spiro atoms. The first-order valence-electron chi connectivity index (χ1n) is 6.87. The molecule has 0 saturated heterocycles. The summed E-state index contributed by atoms with van der Waals surface area (Å²) in [5, 5.41) is 6.66. The first-order valence-corrected chi connectivity index (χ1v) is 6.87. The van der Waals surface area contributed by atoms with Crippen LogP contribution in [0.3, 0.4) is 0 Å². The van der Waals surface area contributed by atoms with E-state index >= 15 is 0 Å². The van der Waals surface area contributed by atoms with Gasteiger partial charge in [0.05, 0.1) is 5.69 Å². The van der Waals surface area contributed by atoms with Crippen LogP contribution in [-0.4, -0.2) is 11.1 Å². The number of aryl methyl sites for hydroxylation is 2. The van der Waals surface area contributed by atoms with Crippen molar-refractivity contribution in [3.05, 3.63) is 46.8 Å². The minimum Gasteiger partial charge on any atom is -0.361 e. The minimum atomic E-state index is -0.183. The van der Waals surface area contributed by atoms with Gasteiger partial charge in [-0.05, 0) is 43.9 Å². The van der Waals surface area contributed by atoms with Crippen molar-refractivity contribution in [1.29, 1.82) is 0 Å². The molecule has 0 fully saturated rings. The smallest absolute Gasteiger partial charge is 0.261 e. The van der Waals surface area contributed by atoms with Crippen LogP contribution in [-0.2, 0) is 0 Å². The van der Waals surface area contributed by atoms with Gasteiger partial charge in [-0.25, -0.2) is 0 Å². The van der Waals surface area contributed by atoms with Crippen LogP contribution in [0.15, 0.2) is 28.8 Å². The molecule has 1 heterocycles. The summed E-state index contributed by atoms with van der Waals surface area (Å²) in [6, 6.07) is 7.96. The van der Waals surface area contributed by atoms with Gasteiger partial charge in [-0.3, -0.25) is 4.79 Å². The van der Waals surface area contributed by atoms with Gasteiger partial charge < -0.3 is 9.84 Å². The molecule has 1 aromatic heterocycles. The molecule has 0 saturated carbocycles. The molecule has 2 aromatic rings. The van der Waals surface area contributed by atoms with Crippen LogP contribution in [0.4, 0.5) is 5.69 Å². The number of aromatic nitrogens is 1.